The van der Waals surface area contributed by atoms with Gasteiger partial charge in [0.05, 0.1) is 7.11 Å². The molecule has 1 aromatic heterocycles. The second-order valence-electron chi connectivity index (χ2n) is 5.76. The molecule has 0 spiro atoms. The van der Waals surface area contributed by atoms with Crippen molar-refractivity contribution in [2.75, 3.05) is 7.11 Å². The second-order valence-corrected chi connectivity index (χ2v) is 5.76. The molecular weight excluding hydrogens is 258 g/mol. The van der Waals surface area contributed by atoms with Gasteiger partial charge in [-0.05, 0) is 46.7 Å². The van der Waals surface area contributed by atoms with Gasteiger partial charge in [-0.15, -0.1) is 0 Å². The largest absolute Gasteiger partial charge is 0.497 e. The van der Waals surface area contributed by atoms with Crippen LogP contribution in [0, 0.1) is 0 Å². The van der Waals surface area contributed by atoms with Crippen molar-refractivity contribution in [3.8, 4) is 5.75 Å². The molecule has 2 aromatic carbocycles. The lowest BCUT2D eigenvalue weighted by Crippen LogP contribution is -1.98. The molecule has 1 heterocycles. The highest BCUT2D eigenvalue weighted by Gasteiger charge is 2.05. The standard InChI is InChI=1S/C19H21NO/c1-14(2)17-7-6-16-10-11-20(19(16)12-17)13-15-4-8-18(21-3)9-5-15/h4-12,14H,13H2,1-3H3. The van der Waals surface area contributed by atoms with Crippen molar-refractivity contribution < 1.29 is 4.74 Å². The smallest absolute Gasteiger partial charge is 0.118 e. The molecule has 2 heteroatoms. The third-order valence-electron chi connectivity index (χ3n) is 3.98. The van der Waals surface area contributed by atoms with E-state index < -0.39 is 0 Å². The summed E-state index contributed by atoms with van der Waals surface area (Å²) < 4.78 is 7.52. The molecule has 0 unspecified atom stereocenters. The van der Waals surface area contributed by atoms with Gasteiger partial charge >= 0.3 is 0 Å². The maximum atomic E-state index is 5.21. The SMILES string of the molecule is COc1ccc(Cn2ccc3ccc(C(C)C)cc32)cc1. The van der Waals surface area contributed by atoms with Crippen LogP contribution < -0.4 is 4.74 Å². The van der Waals surface area contributed by atoms with Crippen molar-refractivity contribution >= 4 is 10.9 Å². The Morgan fingerprint density at radius 3 is 2.43 bits per heavy atom. The molecular formula is C19H21NO. The Balaban J connectivity index is 1.93. The number of nitrogens with zero attached hydrogens (tertiary/aromatic N) is 1. The fourth-order valence-corrected chi connectivity index (χ4v) is 2.63. The lowest BCUT2D eigenvalue weighted by Gasteiger charge is -2.09. The van der Waals surface area contributed by atoms with Gasteiger partial charge < -0.3 is 9.30 Å². The van der Waals surface area contributed by atoms with E-state index in [1.807, 2.05) is 12.1 Å². The van der Waals surface area contributed by atoms with Crippen LogP contribution in [0.15, 0.2) is 54.7 Å². The van der Waals surface area contributed by atoms with Gasteiger partial charge in [0, 0.05) is 18.3 Å². The van der Waals surface area contributed by atoms with Gasteiger partial charge in [0.2, 0.25) is 0 Å². The zero-order valence-corrected chi connectivity index (χ0v) is 12.8. The van der Waals surface area contributed by atoms with Crippen LogP contribution in [0.1, 0.15) is 30.9 Å². The topological polar surface area (TPSA) is 14.2 Å². The summed E-state index contributed by atoms with van der Waals surface area (Å²) in [5, 5.41) is 1.30. The lowest BCUT2D eigenvalue weighted by molar-refractivity contribution is 0.414. The van der Waals surface area contributed by atoms with Gasteiger partial charge in [-0.1, -0.05) is 38.1 Å². The van der Waals surface area contributed by atoms with E-state index in [0.29, 0.717) is 5.92 Å². The van der Waals surface area contributed by atoms with Crippen molar-refractivity contribution in [1.29, 1.82) is 0 Å². The molecule has 21 heavy (non-hydrogen) atoms. The maximum absolute atomic E-state index is 5.21. The molecule has 0 saturated carbocycles. The molecule has 2 nitrogen and oxygen atoms in total. The summed E-state index contributed by atoms with van der Waals surface area (Å²) in [7, 11) is 1.70. The van der Waals surface area contributed by atoms with Gasteiger partial charge in [-0.2, -0.15) is 0 Å². The Morgan fingerprint density at radius 1 is 1.00 bits per heavy atom. The minimum absolute atomic E-state index is 0.554. The van der Waals surface area contributed by atoms with E-state index in [9.17, 15) is 0 Å². The van der Waals surface area contributed by atoms with Crippen LogP contribution >= 0.6 is 0 Å². The summed E-state index contributed by atoms with van der Waals surface area (Å²) in [6.45, 7) is 5.35. The number of aromatic nitrogens is 1. The van der Waals surface area contributed by atoms with Crippen LogP contribution in [0.4, 0.5) is 0 Å². The molecule has 0 fully saturated rings. The summed E-state index contributed by atoms with van der Waals surface area (Å²) in [4.78, 5) is 0. The normalized spacial score (nSPS) is 11.2. The third kappa shape index (κ3) is 2.80. The Kier molecular flexibility index (Phi) is 3.70. The molecule has 0 aliphatic heterocycles. The molecule has 0 bridgehead atoms. The highest BCUT2D eigenvalue weighted by Crippen LogP contribution is 2.23. The van der Waals surface area contributed by atoms with Crippen LogP contribution in [0.2, 0.25) is 0 Å². The van der Waals surface area contributed by atoms with Crippen molar-refractivity contribution in [1.82, 2.24) is 4.57 Å². The van der Waals surface area contributed by atoms with E-state index in [1.54, 1.807) is 7.11 Å². The van der Waals surface area contributed by atoms with Crippen LogP contribution in [-0.4, -0.2) is 11.7 Å². The quantitative estimate of drug-likeness (QED) is 0.667. The second kappa shape index (κ2) is 5.65. The Hall–Kier alpha value is -2.22. The first-order chi connectivity index (χ1) is 10.2. The number of rotatable bonds is 4. The van der Waals surface area contributed by atoms with Gasteiger partial charge in [0.15, 0.2) is 0 Å². The Labute approximate surface area is 126 Å². The Bertz CT molecular complexity index is 738. The molecule has 0 atom stereocenters. The molecule has 0 saturated heterocycles. The Morgan fingerprint density at radius 2 is 1.76 bits per heavy atom. The van der Waals surface area contributed by atoms with Gasteiger partial charge in [-0.3, -0.25) is 0 Å². The predicted octanol–water partition coefficient (Wildman–Crippen LogP) is 4.82. The summed E-state index contributed by atoms with van der Waals surface area (Å²) in [5.41, 5.74) is 3.97. The monoisotopic (exact) mass is 279 g/mol. The van der Waals surface area contributed by atoms with E-state index in [-0.39, 0.29) is 0 Å². The first-order valence-corrected chi connectivity index (χ1v) is 7.39. The summed E-state index contributed by atoms with van der Waals surface area (Å²) in [6, 6.07) is 17.2. The average molecular weight is 279 g/mol. The fourth-order valence-electron chi connectivity index (χ4n) is 2.63. The summed E-state index contributed by atoms with van der Waals surface area (Å²) in [5.74, 6) is 1.46. The summed E-state index contributed by atoms with van der Waals surface area (Å²) in [6.07, 6.45) is 2.17. The maximum Gasteiger partial charge on any atom is 0.118 e. The van der Waals surface area contributed by atoms with E-state index in [1.165, 1.54) is 22.0 Å². The number of fused-ring (bicyclic) bond motifs is 1. The summed E-state index contributed by atoms with van der Waals surface area (Å²) >= 11 is 0. The van der Waals surface area contributed by atoms with Crippen LogP contribution in [-0.2, 0) is 6.54 Å². The molecule has 0 amide bonds. The van der Waals surface area contributed by atoms with Crippen molar-refractivity contribution in [2.45, 2.75) is 26.3 Å². The minimum atomic E-state index is 0.554. The van der Waals surface area contributed by atoms with Crippen LogP contribution in [0.3, 0.4) is 0 Å². The van der Waals surface area contributed by atoms with Crippen molar-refractivity contribution in [2.24, 2.45) is 0 Å². The molecule has 3 rings (SSSR count). The fraction of sp³-hybridized carbons (Fsp3) is 0.263. The molecule has 108 valence electrons. The molecule has 0 N–H and O–H groups in total. The zero-order valence-electron chi connectivity index (χ0n) is 12.8. The third-order valence-corrected chi connectivity index (χ3v) is 3.98. The molecule has 0 radical (unpaired) electrons. The number of hydrogen-bond donors (Lipinski definition) is 0. The van der Waals surface area contributed by atoms with E-state index >= 15 is 0 Å². The highest BCUT2D eigenvalue weighted by molar-refractivity contribution is 5.81. The first-order valence-electron chi connectivity index (χ1n) is 7.39. The average Bonchev–Trinajstić information content (AvgIpc) is 2.90. The predicted molar refractivity (Wildman–Crippen MR) is 88.1 cm³/mol. The van der Waals surface area contributed by atoms with Gasteiger partial charge in [-0.25, -0.2) is 0 Å². The molecule has 0 aliphatic rings. The van der Waals surface area contributed by atoms with Gasteiger partial charge in [0.1, 0.15) is 5.75 Å². The van der Waals surface area contributed by atoms with E-state index in [2.05, 4.69) is 61.0 Å². The lowest BCUT2D eigenvalue weighted by atomic mass is 10.0. The number of benzene rings is 2. The van der Waals surface area contributed by atoms with Crippen LogP contribution in [0.5, 0.6) is 5.75 Å². The van der Waals surface area contributed by atoms with E-state index in [4.69, 9.17) is 4.74 Å². The number of ether oxygens (including phenoxy) is 1. The van der Waals surface area contributed by atoms with Crippen molar-refractivity contribution in [3.05, 3.63) is 65.9 Å². The first kappa shape index (κ1) is 13.7. The van der Waals surface area contributed by atoms with Crippen molar-refractivity contribution in [3.63, 3.8) is 0 Å². The molecule has 0 aliphatic carbocycles. The molecule has 3 aromatic rings. The van der Waals surface area contributed by atoms with Crippen LogP contribution in [0.25, 0.3) is 10.9 Å². The zero-order chi connectivity index (χ0) is 14.8. The number of hydrogen-bond acceptors (Lipinski definition) is 1. The van der Waals surface area contributed by atoms with Gasteiger partial charge in [0.25, 0.3) is 0 Å². The highest BCUT2D eigenvalue weighted by atomic mass is 16.5. The minimum Gasteiger partial charge on any atom is -0.497 e. The number of methoxy groups -OCH3 is 1. The van der Waals surface area contributed by atoms with E-state index in [0.717, 1.165) is 12.3 Å².